The minimum atomic E-state index is -0.371. The van der Waals surface area contributed by atoms with Gasteiger partial charge in [0.25, 0.3) is 0 Å². The molecule has 0 aliphatic carbocycles. The van der Waals surface area contributed by atoms with Crippen LogP contribution < -0.4 is 5.32 Å². The molecule has 5 nitrogen and oxygen atoms in total. The Hall–Kier alpha value is -2.67. The summed E-state index contributed by atoms with van der Waals surface area (Å²) in [6.07, 6.45) is 0.618. The molecule has 7 heteroatoms. The van der Waals surface area contributed by atoms with Crippen molar-refractivity contribution in [2.45, 2.75) is 23.8 Å². The van der Waals surface area contributed by atoms with Gasteiger partial charge in [0.15, 0.2) is 5.82 Å². The van der Waals surface area contributed by atoms with E-state index in [0.717, 1.165) is 5.69 Å². The second-order valence-corrected chi connectivity index (χ2v) is 6.49. The van der Waals surface area contributed by atoms with Crippen molar-refractivity contribution in [2.24, 2.45) is 0 Å². The van der Waals surface area contributed by atoms with Gasteiger partial charge in [-0.2, -0.15) is 0 Å². The summed E-state index contributed by atoms with van der Waals surface area (Å²) in [6, 6.07) is 15.6. The molecule has 128 valence electrons. The Kier molecular flexibility index (Phi) is 5.45. The zero-order chi connectivity index (χ0) is 17.6. The molecule has 1 heterocycles. The van der Waals surface area contributed by atoms with Crippen molar-refractivity contribution in [3.63, 3.8) is 0 Å². The van der Waals surface area contributed by atoms with Crippen molar-refractivity contribution in [1.29, 1.82) is 0 Å². The van der Waals surface area contributed by atoms with Crippen LogP contribution in [0.25, 0.3) is 11.4 Å². The molecule has 0 radical (unpaired) electrons. The van der Waals surface area contributed by atoms with Crippen LogP contribution in [0.15, 0.2) is 59.8 Å². The van der Waals surface area contributed by atoms with E-state index in [1.807, 2.05) is 37.3 Å². The van der Waals surface area contributed by atoms with Crippen LogP contribution in [0.2, 0.25) is 0 Å². The molecule has 0 aliphatic heterocycles. The van der Waals surface area contributed by atoms with Gasteiger partial charge in [-0.05, 0) is 30.7 Å². The second-order valence-electron chi connectivity index (χ2n) is 5.32. The summed E-state index contributed by atoms with van der Waals surface area (Å²) in [5.74, 6) is -0.140. The number of benzene rings is 2. The molecule has 3 aromatic rings. The third kappa shape index (κ3) is 4.24. The fourth-order valence-electron chi connectivity index (χ4n) is 2.27. The molecule has 0 aliphatic rings. The van der Waals surface area contributed by atoms with E-state index in [9.17, 15) is 9.18 Å². The molecule has 1 amide bonds. The number of amides is 1. The molecule has 0 saturated heterocycles. The van der Waals surface area contributed by atoms with Gasteiger partial charge in [-0.1, -0.05) is 49.0 Å². The summed E-state index contributed by atoms with van der Waals surface area (Å²) < 4.78 is 13.8. The van der Waals surface area contributed by atoms with Crippen LogP contribution in [0, 0.1) is 5.82 Å². The summed E-state index contributed by atoms with van der Waals surface area (Å²) in [4.78, 5) is 16.7. The average Bonchev–Trinajstić information content (AvgIpc) is 3.09. The molecular weight excluding hydrogens is 339 g/mol. The summed E-state index contributed by atoms with van der Waals surface area (Å²) in [6.45, 7) is 1.92. The number of carbonyl (C=O) groups excluding carboxylic acids is 1. The van der Waals surface area contributed by atoms with Crippen molar-refractivity contribution in [2.75, 3.05) is 5.32 Å². The van der Waals surface area contributed by atoms with Crippen molar-refractivity contribution in [1.82, 2.24) is 15.2 Å². The highest BCUT2D eigenvalue weighted by atomic mass is 32.2. The Morgan fingerprint density at radius 1 is 1.20 bits per heavy atom. The highest BCUT2D eigenvalue weighted by molar-refractivity contribution is 8.00. The van der Waals surface area contributed by atoms with Gasteiger partial charge in [-0.25, -0.2) is 9.37 Å². The first-order chi connectivity index (χ1) is 12.2. The lowest BCUT2D eigenvalue weighted by atomic mass is 10.2. The van der Waals surface area contributed by atoms with Crippen LogP contribution in [0.5, 0.6) is 0 Å². The number of aromatic nitrogens is 3. The third-order valence-corrected chi connectivity index (χ3v) is 4.77. The van der Waals surface area contributed by atoms with Gasteiger partial charge < -0.3 is 5.32 Å². The quantitative estimate of drug-likeness (QED) is 0.652. The zero-order valence-electron chi connectivity index (χ0n) is 13.6. The first-order valence-corrected chi connectivity index (χ1v) is 8.75. The Bertz CT molecular complexity index is 853. The number of halogens is 1. The molecule has 25 heavy (non-hydrogen) atoms. The van der Waals surface area contributed by atoms with Crippen molar-refractivity contribution >= 4 is 23.4 Å². The molecule has 0 bridgehead atoms. The summed E-state index contributed by atoms with van der Waals surface area (Å²) in [5.41, 5.74) is 1.09. The van der Waals surface area contributed by atoms with E-state index in [4.69, 9.17) is 0 Å². The van der Waals surface area contributed by atoms with Crippen LogP contribution in [-0.2, 0) is 4.79 Å². The monoisotopic (exact) mass is 356 g/mol. The van der Waals surface area contributed by atoms with Crippen molar-refractivity contribution in [3.8, 4) is 11.4 Å². The first-order valence-electron chi connectivity index (χ1n) is 7.87. The van der Waals surface area contributed by atoms with Crippen LogP contribution in [-0.4, -0.2) is 26.3 Å². The first kappa shape index (κ1) is 17.2. The maximum atomic E-state index is 13.8. The maximum absolute atomic E-state index is 13.8. The fraction of sp³-hybridized carbons (Fsp3) is 0.167. The van der Waals surface area contributed by atoms with E-state index in [-0.39, 0.29) is 17.0 Å². The smallest absolute Gasteiger partial charge is 0.237 e. The predicted molar refractivity (Wildman–Crippen MR) is 96.8 cm³/mol. The Balaban J connectivity index is 1.70. The Labute approximate surface area is 149 Å². The predicted octanol–water partition coefficient (Wildman–Crippen LogP) is 4.12. The number of H-pyrrole nitrogens is 1. The standard InChI is InChI=1S/C18H17FN4OS/c1-2-15(17(24)20-12-8-4-3-5-9-12)25-18-21-16(22-23-18)13-10-6-7-11-14(13)19/h3-11,15H,2H2,1H3,(H,20,24)(H,21,22,23)/t15-/m0/s1. The van der Waals surface area contributed by atoms with Gasteiger partial charge in [0.05, 0.1) is 10.8 Å². The Morgan fingerprint density at radius 3 is 2.64 bits per heavy atom. The topological polar surface area (TPSA) is 70.7 Å². The van der Waals surface area contributed by atoms with E-state index in [2.05, 4.69) is 20.5 Å². The normalized spacial score (nSPS) is 11.9. The molecule has 0 spiro atoms. The second kappa shape index (κ2) is 7.94. The number of thioether (sulfide) groups is 1. The minimum Gasteiger partial charge on any atom is -0.325 e. The van der Waals surface area contributed by atoms with Gasteiger partial charge in [0.1, 0.15) is 5.82 Å². The van der Waals surface area contributed by atoms with Crippen LogP contribution in [0.1, 0.15) is 13.3 Å². The number of aromatic amines is 1. The number of hydrogen-bond donors (Lipinski definition) is 2. The van der Waals surface area contributed by atoms with E-state index in [1.165, 1.54) is 17.8 Å². The lowest BCUT2D eigenvalue weighted by Crippen LogP contribution is -2.24. The largest absolute Gasteiger partial charge is 0.325 e. The zero-order valence-corrected chi connectivity index (χ0v) is 14.4. The summed E-state index contributed by atoms with van der Waals surface area (Å²) >= 11 is 1.25. The lowest BCUT2D eigenvalue weighted by molar-refractivity contribution is -0.115. The van der Waals surface area contributed by atoms with E-state index in [0.29, 0.717) is 23.0 Å². The van der Waals surface area contributed by atoms with Crippen molar-refractivity contribution < 1.29 is 9.18 Å². The number of anilines is 1. The highest BCUT2D eigenvalue weighted by Crippen LogP contribution is 2.26. The summed E-state index contributed by atoms with van der Waals surface area (Å²) in [7, 11) is 0. The van der Waals surface area contributed by atoms with E-state index < -0.39 is 0 Å². The fourth-order valence-corrected chi connectivity index (χ4v) is 3.10. The number of nitrogens with one attached hydrogen (secondary N) is 2. The molecule has 3 rings (SSSR count). The van der Waals surface area contributed by atoms with Crippen LogP contribution in [0.4, 0.5) is 10.1 Å². The molecule has 0 fully saturated rings. The highest BCUT2D eigenvalue weighted by Gasteiger charge is 2.21. The van der Waals surface area contributed by atoms with E-state index >= 15 is 0 Å². The molecule has 2 aromatic carbocycles. The SMILES string of the molecule is CC[C@H](Sc1n[nH]c(-c2ccccc2F)n1)C(=O)Nc1ccccc1. The maximum Gasteiger partial charge on any atom is 0.237 e. The molecule has 2 N–H and O–H groups in total. The lowest BCUT2D eigenvalue weighted by Gasteiger charge is -2.12. The third-order valence-electron chi connectivity index (χ3n) is 3.55. The number of rotatable bonds is 6. The Morgan fingerprint density at radius 2 is 1.92 bits per heavy atom. The van der Waals surface area contributed by atoms with Gasteiger partial charge in [-0.3, -0.25) is 9.89 Å². The minimum absolute atomic E-state index is 0.115. The van der Waals surface area contributed by atoms with Crippen LogP contribution in [0.3, 0.4) is 0 Å². The average molecular weight is 356 g/mol. The molecular formula is C18H17FN4OS. The molecule has 1 atom stereocenters. The molecule has 1 aromatic heterocycles. The number of hydrogen-bond acceptors (Lipinski definition) is 4. The number of para-hydroxylation sites is 1. The number of nitrogens with zero attached hydrogens (tertiary/aromatic N) is 2. The molecule has 0 unspecified atom stereocenters. The van der Waals surface area contributed by atoms with Gasteiger partial charge in [-0.15, -0.1) is 5.10 Å². The van der Waals surface area contributed by atoms with E-state index in [1.54, 1.807) is 18.2 Å². The summed E-state index contributed by atoms with van der Waals surface area (Å²) in [5, 5.41) is 9.76. The number of carbonyl (C=O) groups is 1. The van der Waals surface area contributed by atoms with Crippen LogP contribution >= 0.6 is 11.8 Å². The van der Waals surface area contributed by atoms with Gasteiger partial charge in [0, 0.05) is 5.69 Å². The van der Waals surface area contributed by atoms with Gasteiger partial charge in [0.2, 0.25) is 11.1 Å². The molecule has 0 saturated carbocycles. The van der Waals surface area contributed by atoms with Gasteiger partial charge >= 0.3 is 0 Å². The van der Waals surface area contributed by atoms with Crippen molar-refractivity contribution in [3.05, 3.63) is 60.4 Å².